The van der Waals surface area contributed by atoms with Gasteiger partial charge in [0.05, 0.1) is 111 Å². The number of carbonyl (C=O) groups excluding carboxylic acids is 6. The SMILES string of the molecule is COc1ccc(C(CC(=O)O)C(=O)N(CC(=O)O)CC(=O)O)cc1.O=C(O)CN(CC(=O)O)C(=O)OCc1ccccc1.O=C(O)CN(CC(=O)O)CC(=O)Cc1ccccc1.O=C(O)CN(CC(=O)O)CC(=O)Cc1cccnc1.O=C(O)CN(CC(=O)O)CC(=O)NC1CCCCC1.O=C(O)CN(CC(=O)O)CC(=O)NCc1ccccc1.O=C(O)CN(CCc1ccccc1)CC(=O)O. The molecule has 6 aromatic rings. The van der Waals surface area contributed by atoms with Gasteiger partial charge < -0.3 is 102 Å². The summed E-state index contributed by atoms with van der Waals surface area (Å²) in [7, 11) is 1.44. The summed E-state index contributed by atoms with van der Waals surface area (Å²) < 4.78 is 9.83. The zero-order valence-corrected chi connectivity index (χ0v) is 74.2. The van der Waals surface area contributed by atoms with Crippen molar-refractivity contribution in [1.82, 2.24) is 49.9 Å². The summed E-state index contributed by atoms with van der Waals surface area (Å²) in [6, 6.07) is 46.1. The van der Waals surface area contributed by atoms with Crippen LogP contribution in [0.3, 0.4) is 0 Å². The molecular weight excluding hydrogens is 1820 g/mol. The number of nitrogens with one attached hydrogen (secondary N) is 2. The summed E-state index contributed by atoms with van der Waals surface area (Å²) in [6.07, 6.45) is 7.66. The molecule has 1 heterocycles. The number of carboxylic acid groups (broad SMARTS) is 15. The molecule has 5 aromatic carbocycles. The van der Waals surface area contributed by atoms with Gasteiger partial charge in [0.25, 0.3) is 0 Å². The third-order valence-electron chi connectivity index (χ3n) is 17.6. The maximum absolute atomic E-state index is 12.5. The van der Waals surface area contributed by atoms with E-state index in [1.165, 1.54) is 48.9 Å². The fourth-order valence-electron chi connectivity index (χ4n) is 12.1. The van der Waals surface area contributed by atoms with Crippen LogP contribution in [-0.2, 0) is 133 Å². The molecule has 1 fully saturated rings. The Labute approximate surface area is 782 Å². The number of aromatic nitrogens is 1. The van der Waals surface area contributed by atoms with Crippen LogP contribution in [0.5, 0.6) is 5.75 Å². The first-order chi connectivity index (χ1) is 64.7. The number of aliphatic carboxylic acids is 15. The first-order valence-corrected chi connectivity index (χ1v) is 41.1. The van der Waals surface area contributed by atoms with Gasteiger partial charge in [0.2, 0.25) is 17.7 Å². The molecule has 0 bridgehead atoms. The fraction of sp³-hybridized carbons (Fsp3) is 0.371. The molecule has 0 aliphatic heterocycles. The number of benzene rings is 5. The van der Waals surface area contributed by atoms with E-state index in [2.05, 4.69) is 15.6 Å². The summed E-state index contributed by atoms with van der Waals surface area (Å²) in [4.78, 5) is 241. The zero-order chi connectivity index (χ0) is 103. The number of ketones is 2. The molecule has 7 rings (SSSR count). The van der Waals surface area contributed by atoms with Gasteiger partial charge in [0.15, 0.2) is 11.6 Å². The maximum Gasteiger partial charge on any atom is 0.411 e. The van der Waals surface area contributed by atoms with E-state index >= 15 is 0 Å². The minimum Gasteiger partial charge on any atom is -0.497 e. The number of carbonyl (C=O) groups is 21. The Morgan fingerprint density at radius 3 is 1.04 bits per heavy atom. The number of rotatable bonds is 53. The Kier molecular flexibility index (Phi) is 59.0. The summed E-state index contributed by atoms with van der Waals surface area (Å²) in [5, 5.41) is 136. The van der Waals surface area contributed by atoms with Crippen molar-refractivity contribution in [1.29, 1.82) is 0 Å². The molecule has 4 amide bonds. The normalized spacial score (nSPS) is 11.3. The molecule has 1 aromatic heterocycles. The average molecular weight is 1930 g/mol. The van der Waals surface area contributed by atoms with Gasteiger partial charge in [-0.3, -0.25) is 130 Å². The second-order valence-corrected chi connectivity index (χ2v) is 29.5. The lowest BCUT2D eigenvalue weighted by Crippen LogP contribution is -2.45. The van der Waals surface area contributed by atoms with Crippen LogP contribution in [-0.4, -0.2) is 378 Å². The number of amides is 4. The van der Waals surface area contributed by atoms with E-state index in [1.54, 1.807) is 72.9 Å². The molecule has 17 N–H and O–H groups in total. The van der Waals surface area contributed by atoms with Gasteiger partial charge in [0, 0.05) is 44.4 Å². The van der Waals surface area contributed by atoms with Crippen LogP contribution >= 0.6 is 0 Å². The van der Waals surface area contributed by atoms with Gasteiger partial charge in [0.1, 0.15) is 38.5 Å². The average Bonchev–Trinajstić information content (AvgIpc) is 0.830. The molecule has 744 valence electrons. The third kappa shape index (κ3) is 62.8. The molecule has 0 radical (unpaired) electrons. The summed E-state index contributed by atoms with van der Waals surface area (Å²) >= 11 is 0. The van der Waals surface area contributed by atoms with E-state index < -0.39 is 198 Å². The van der Waals surface area contributed by atoms with E-state index in [9.17, 15) is 101 Å². The van der Waals surface area contributed by atoms with Crippen molar-refractivity contribution < 1.29 is 187 Å². The number of carboxylic acids is 15. The lowest BCUT2D eigenvalue weighted by molar-refractivity contribution is -0.151. The molecule has 1 atom stereocenters. The number of pyridine rings is 1. The van der Waals surface area contributed by atoms with Crippen molar-refractivity contribution in [3.8, 4) is 5.75 Å². The summed E-state index contributed by atoms with van der Waals surface area (Å²) in [5.74, 6) is -20.8. The Morgan fingerprint density at radius 1 is 0.343 bits per heavy atom. The van der Waals surface area contributed by atoms with Gasteiger partial charge in [-0.1, -0.05) is 159 Å². The van der Waals surface area contributed by atoms with Gasteiger partial charge in [-0.15, -0.1) is 0 Å². The van der Waals surface area contributed by atoms with Crippen molar-refractivity contribution >= 4 is 125 Å². The van der Waals surface area contributed by atoms with E-state index in [-0.39, 0.29) is 82.2 Å². The number of Topliss-reactive ketones (excluding diaryl/α,β-unsaturated/α-hetero) is 2. The topological polar surface area (TPSA) is 740 Å². The van der Waals surface area contributed by atoms with E-state index in [0.717, 1.165) is 67.5 Å². The van der Waals surface area contributed by atoms with Crippen molar-refractivity contribution in [2.75, 3.05) is 131 Å². The van der Waals surface area contributed by atoms with Crippen molar-refractivity contribution in [3.05, 3.63) is 203 Å². The molecule has 0 saturated heterocycles. The van der Waals surface area contributed by atoms with E-state index in [1.807, 2.05) is 66.7 Å². The molecule has 1 unspecified atom stereocenters. The minimum absolute atomic E-state index is 0.0462. The summed E-state index contributed by atoms with van der Waals surface area (Å²) in [5.41, 5.74) is 4.54. The van der Waals surface area contributed by atoms with Crippen LogP contribution in [0.4, 0.5) is 4.79 Å². The minimum atomic E-state index is -1.39. The monoisotopic (exact) mass is 1930 g/mol. The Bertz CT molecular complexity index is 4680. The Balaban J connectivity index is 0.000000801. The summed E-state index contributed by atoms with van der Waals surface area (Å²) in [6.45, 7) is -7.60. The zero-order valence-electron chi connectivity index (χ0n) is 74.2. The highest BCUT2D eigenvalue weighted by atomic mass is 16.6. The van der Waals surface area contributed by atoms with Gasteiger partial charge in [-0.25, -0.2) is 4.79 Å². The van der Waals surface area contributed by atoms with Crippen LogP contribution < -0.4 is 15.4 Å². The number of nitrogens with zero attached hydrogens (tertiary/aromatic N) is 8. The van der Waals surface area contributed by atoms with Crippen molar-refractivity contribution in [3.63, 3.8) is 0 Å². The highest BCUT2D eigenvalue weighted by Crippen LogP contribution is 2.26. The second-order valence-electron chi connectivity index (χ2n) is 29.5. The highest BCUT2D eigenvalue weighted by Gasteiger charge is 2.32. The van der Waals surface area contributed by atoms with Gasteiger partial charge in [-0.2, -0.15) is 0 Å². The third-order valence-corrected chi connectivity index (χ3v) is 17.6. The molecule has 137 heavy (non-hydrogen) atoms. The second kappa shape index (κ2) is 68.0. The van der Waals surface area contributed by atoms with Crippen LogP contribution in [0.25, 0.3) is 0 Å². The predicted octanol–water partition coefficient (Wildman–Crippen LogP) is 1.36. The molecule has 1 aliphatic rings. The van der Waals surface area contributed by atoms with Crippen LogP contribution in [0.1, 0.15) is 77.8 Å². The van der Waals surface area contributed by atoms with Crippen molar-refractivity contribution in [2.24, 2.45) is 0 Å². The molecule has 48 nitrogen and oxygen atoms in total. The van der Waals surface area contributed by atoms with Gasteiger partial charge >= 0.3 is 95.6 Å². The number of hydrogen-bond donors (Lipinski definition) is 17. The molecular formula is C89H110N10O38. The predicted molar refractivity (Wildman–Crippen MR) is 473 cm³/mol. The highest BCUT2D eigenvalue weighted by molar-refractivity contribution is 5.92. The number of methoxy groups -OCH3 is 1. The molecule has 48 heteroatoms. The standard InChI is InChI=1S/C15H17NO8.C13H16N2O5.C13H15NO5.C12H14N2O5.C12H20N2O5.C12H13NO6.C12H15NO4/c1-24-10-4-2-9(3-5-10)11(6-12(17)18)15(23)16(7-13(19)20)8-14(21)22;16-11(14-6-10-4-2-1-3-5-10)7-15(8-12(17)18)9-13(19)20;15-11(6-10-4-2-1-3-5-10)7-14(8-12(16)17)9-13(18)19;15-10(4-9-2-1-3-13-5-9)6-14(7-11(16)17)8-12(18)19;15-10(13-9-4-2-1-3-5-9)6-14(7-11(16)17)8-12(18)19;14-10(15)6-13(7-11(16)17)12(18)19-8-9-4-2-1-3-5-9;14-11(15)8-13(9-12(16)17)7-6-10-4-2-1-3-5-10/h2-5,11H,6-8H2,1H3,(H,17,18)(H,19,20)(H,21,22);1-5H,6-9H2,(H,14,16)(H,17,18)(H,19,20);1-5H,6-9H2,(H,16,17)(H,18,19);1-3,5H,4,6-8H2,(H,16,17)(H,18,19);9H,1-8H2,(H,13,15)(H,16,17)(H,18,19);1-5H,6-8H2,(H,14,15)(H,16,17);1-5H,6-9H2,(H,14,15)(H,16,17). The van der Waals surface area contributed by atoms with Crippen LogP contribution in [0.15, 0.2) is 170 Å². The fourth-order valence-corrected chi connectivity index (χ4v) is 12.1. The molecule has 1 saturated carbocycles. The van der Waals surface area contributed by atoms with Crippen LogP contribution in [0.2, 0.25) is 0 Å². The first-order valence-electron chi connectivity index (χ1n) is 41.1. The quantitative estimate of drug-likeness (QED) is 0.0256. The largest absolute Gasteiger partial charge is 0.497 e. The van der Waals surface area contributed by atoms with Gasteiger partial charge in [-0.05, 0) is 70.8 Å². The lowest BCUT2D eigenvalue weighted by Gasteiger charge is -2.24. The van der Waals surface area contributed by atoms with E-state index in [0.29, 0.717) is 46.2 Å². The number of ether oxygens (including phenoxy) is 2. The maximum atomic E-state index is 12.5. The number of hydrogen-bond acceptors (Lipinski definition) is 29. The lowest BCUT2D eigenvalue weighted by atomic mass is 9.94. The van der Waals surface area contributed by atoms with E-state index in [4.69, 9.17) is 86.1 Å². The van der Waals surface area contributed by atoms with Crippen LogP contribution in [0, 0.1) is 0 Å². The molecule has 1 aliphatic carbocycles. The molecule has 0 spiro atoms. The smallest absolute Gasteiger partial charge is 0.411 e. The van der Waals surface area contributed by atoms with Crippen molar-refractivity contribution in [2.45, 2.75) is 82.9 Å². The Morgan fingerprint density at radius 2 is 0.679 bits per heavy atom. The first kappa shape index (κ1) is 119. The Hall–Kier alpha value is -16.1.